The highest BCUT2D eigenvalue weighted by molar-refractivity contribution is 5.76. The van der Waals surface area contributed by atoms with Gasteiger partial charge in [-0.25, -0.2) is 4.98 Å². The van der Waals surface area contributed by atoms with Gasteiger partial charge in [-0.1, -0.05) is 80.6 Å². The highest BCUT2D eigenvalue weighted by Gasteiger charge is 2.19. The third-order valence-electron chi connectivity index (χ3n) is 5.03. The first-order valence-electron chi connectivity index (χ1n) is 9.40. The molecule has 0 saturated carbocycles. The summed E-state index contributed by atoms with van der Waals surface area (Å²) in [5.41, 5.74) is 5.32. The molecule has 4 aromatic rings. The minimum atomic E-state index is -0.756. The number of aromatic nitrogens is 2. The van der Waals surface area contributed by atoms with Crippen molar-refractivity contribution >= 4 is 11.0 Å². The second-order valence-electron chi connectivity index (χ2n) is 7.25. The predicted octanol–water partition coefficient (Wildman–Crippen LogP) is 5.29. The van der Waals surface area contributed by atoms with Crippen molar-refractivity contribution in [2.45, 2.75) is 32.4 Å². The van der Waals surface area contributed by atoms with E-state index in [1.54, 1.807) is 0 Å². The molecule has 1 aromatic heterocycles. The van der Waals surface area contributed by atoms with Gasteiger partial charge in [0, 0.05) is 6.54 Å². The third kappa shape index (κ3) is 3.51. The maximum Gasteiger partial charge on any atom is 0.143 e. The molecule has 0 spiro atoms. The van der Waals surface area contributed by atoms with Crippen LogP contribution in [-0.2, 0) is 6.54 Å². The number of benzene rings is 3. The second kappa shape index (κ2) is 7.37. The molecule has 27 heavy (non-hydrogen) atoms. The van der Waals surface area contributed by atoms with Gasteiger partial charge < -0.3 is 9.67 Å². The van der Waals surface area contributed by atoms with Crippen molar-refractivity contribution in [1.82, 2.24) is 9.55 Å². The van der Waals surface area contributed by atoms with Crippen LogP contribution >= 0.6 is 0 Å². The number of imidazole rings is 1. The summed E-state index contributed by atoms with van der Waals surface area (Å²) in [7, 11) is 0. The molecule has 3 nitrogen and oxygen atoms in total. The summed E-state index contributed by atoms with van der Waals surface area (Å²) < 4.78 is 2.12. The average Bonchev–Trinajstić information content (AvgIpc) is 3.07. The molecular formula is C24H24N2O. The Balaban J connectivity index is 1.76. The zero-order valence-electron chi connectivity index (χ0n) is 15.7. The lowest BCUT2D eigenvalue weighted by molar-refractivity contribution is 0.206. The Labute approximate surface area is 159 Å². The number of nitrogens with zero attached hydrogens (tertiary/aromatic N) is 2. The zero-order valence-corrected chi connectivity index (χ0v) is 15.7. The molecule has 0 bridgehead atoms. The van der Waals surface area contributed by atoms with Gasteiger partial charge in [0.1, 0.15) is 11.9 Å². The molecule has 1 N–H and O–H groups in total. The van der Waals surface area contributed by atoms with E-state index < -0.39 is 6.10 Å². The maximum absolute atomic E-state index is 11.0. The number of hydrogen-bond acceptors (Lipinski definition) is 2. The average molecular weight is 356 g/mol. The molecule has 0 amide bonds. The van der Waals surface area contributed by atoms with E-state index >= 15 is 0 Å². The fourth-order valence-corrected chi connectivity index (χ4v) is 3.44. The van der Waals surface area contributed by atoms with E-state index in [-0.39, 0.29) is 0 Å². The van der Waals surface area contributed by atoms with Gasteiger partial charge in [0.05, 0.1) is 11.0 Å². The standard InChI is InChI=1S/C24H24N2O/c1-17(2)19-14-12-18(13-15-19)16-26-22-11-7-6-10-21(22)25-24(26)23(27)20-8-4-3-5-9-20/h3-15,17,23,27H,16H2,1-2H3. The molecule has 4 rings (SSSR count). The van der Waals surface area contributed by atoms with Gasteiger partial charge in [-0.15, -0.1) is 0 Å². The normalized spacial score (nSPS) is 12.6. The molecule has 0 saturated heterocycles. The lowest BCUT2D eigenvalue weighted by Crippen LogP contribution is -2.11. The van der Waals surface area contributed by atoms with E-state index in [1.807, 2.05) is 48.5 Å². The Kier molecular flexibility index (Phi) is 4.78. The Morgan fingerprint density at radius 3 is 2.19 bits per heavy atom. The molecule has 1 heterocycles. The summed E-state index contributed by atoms with van der Waals surface area (Å²) in [6.07, 6.45) is -0.756. The number of aliphatic hydroxyl groups excluding tert-OH is 1. The van der Waals surface area contributed by atoms with Crippen molar-refractivity contribution in [3.8, 4) is 0 Å². The van der Waals surface area contributed by atoms with E-state index in [0.717, 1.165) is 16.6 Å². The van der Waals surface area contributed by atoms with Crippen molar-refractivity contribution in [2.24, 2.45) is 0 Å². The van der Waals surface area contributed by atoms with Crippen molar-refractivity contribution < 1.29 is 5.11 Å². The molecule has 136 valence electrons. The summed E-state index contributed by atoms with van der Waals surface area (Å²) in [5.74, 6) is 1.19. The third-order valence-corrected chi connectivity index (χ3v) is 5.03. The topological polar surface area (TPSA) is 38.0 Å². The lowest BCUT2D eigenvalue weighted by atomic mass is 10.0. The smallest absolute Gasteiger partial charge is 0.143 e. The van der Waals surface area contributed by atoms with Gasteiger partial charge in [0.2, 0.25) is 0 Å². The van der Waals surface area contributed by atoms with Crippen LogP contribution < -0.4 is 0 Å². The molecule has 1 atom stereocenters. The Morgan fingerprint density at radius 2 is 1.48 bits per heavy atom. The van der Waals surface area contributed by atoms with Crippen LogP contribution in [0.25, 0.3) is 11.0 Å². The quantitative estimate of drug-likeness (QED) is 0.528. The van der Waals surface area contributed by atoms with E-state index in [4.69, 9.17) is 4.98 Å². The molecule has 3 aromatic carbocycles. The number of aliphatic hydroxyl groups is 1. The highest BCUT2D eigenvalue weighted by Crippen LogP contribution is 2.27. The molecule has 0 aliphatic heterocycles. The molecular weight excluding hydrogens is 332 g/mol. The van der Waals surface area contributed by atoms with E-state index in [9.17, 15) is 5.11 Å². The van der Waals surface area contributed by atoms with E-state index in [0.29, 0.717) is 18.3 Å². The Bertz CT molecular complexity index is 1030. The first kappa shape index (κ1) is 17.5. The molecule has 1 unspecified atom stereocenters. The fraction of sp³-hybridized carbons (Fsp3) is 0.208. The van der Waals surface area contributed by atoms with Gasteiger partial charge >= 0.3 is 0 Å². The first-order chi connectivity index (χ1) is 13.1. The van der Waals surface area contributed by atoms with E-state index in [2.05, 4.69) is 48.7 Å². The Morgan fingerprint density at radius 1 is 0.815 bits per heavy atom. The molecule has 0 radical (unpaired) electrons. The van der Waals surface area contributed by atoms with E-state index in [1.165, 1.54) is 11.1 Å². The van der Waals surface area contributed by atoms with Crippen LogP contribution in [0.2, 0.25) is 0 Å². The van der Waals surface area contributed by atoms with Gasteiger partial charge in [-0.05, 0) is 34.7 Å². The van der Waals surface area contributed by atoms with Crippen LogP contribution in [0.15, 0.2) is 78.9 Å². The van der Waals surface area contributed by atoms with Crippen LogP contribution in [-0.4, -0.2) is 14.7 Å². The number of hydrogen-bond donors (Lipinski definition) is 1. The SMILES string of the molecule is CC(C)c1ccc(Cn2c(C(O)c3ccccc3)nc3ccccc32)cc1. The summed E-state index contributed by atoms with van der Waals surface area (Å²) in [5, 5.41) is 11.0. The van der Waals surface area contributed by atoms with Gasteiger partial charge in [0.25, 0.3) is 0 Å². The monoisotopic (exact) mass is 356 g/mol. The summed E-state index contributed by atoms with van der Waals surface area (Å²) in [6, 6.07) is 26.5. The van der Waals surface area contributed by atoms with Gasteiger partial charge in [0.15, 0.2) is 0 Å². The zero-order chi connectivity index (χ0) is 18.8. The van der Waals surface area contributed by atoms with Gasteiger partial charge in [-0.3, -0.25) is 0 Å². The molecule has 0 aliphatic rings. The molecule has 0 fully saturated rings. The van der Waals surface area contributed by atoms with Crippen molar-refractivity contribution in [3.63, 3.8) is 0 Å². The van der Waals surface area contributed by atoms with Crippen LogP contribution in [0.1, 0.15) is 48.4 Å². The predicted molar refractivity (Wildman–Crippen MR) is 110 cm³/mol. The van der Waals surface area contributed by atoms with Crippen LogP contribution in [0.5, 0.6) is 0 Å². The minimum Gasteiger partial charge on any atom is -0.380 e. The van der Waals surface area contributed by atoms with Crippen molar-refractivity contribution in [1.29, 1.82) is 0 Å². The van der Waals surface area contributed by atoms with Crippen molar-refractivity contribution in [2.75, 3.05) is 0 Å². The Hall–Kier alpha value is -2.91. The minimum absolute atomic E-state index is 0.517. The van der Waals surface area contributed by atoms with Crippen molar-refractivity contribution in [3.05, 3.63) is 101 Å². The van der Waals surface area contributed by atoms with Crippen LogP contribution in [0, 0.1) is 0 Å². The fourth-order valence-electron chi connectivity index (χ4n) is 3.44. The highest BCUT2D eigenvalue weighted by atomic mass is 16.3. The molecule has 0 aliphatic carbocycles. The number of rotatable bonds is 5. The van der Waals surface area contributed by atoms with Gasteiger partial charge in [-0.2, -0.15) is 0 Å². The molecule has 3 heteroatoms. The summed E-state index contributed by atoms with van der Waals surface area (Å²) in [6.45, 7) is 5.08. The largest absolute Gasteiger partial charge is 0.380 e. The number of fused-ring (bicyclic) bond motifs is 1. The lowest BCUT2D eigenvalue weighted by Gasteiger charge is -2.15. The summed E-state index contributed by atoms with van der Waals surface area (Å²) in [4.78, 5) is 4.74. The number of para-hydroxylation sites is 2. The van der Waals surface area contributed by atoms with Crippen LogP contribution in [0.3, 0.4) is 0 Å². The summed E-state index contributed by atoms with van der Waals surface area (Å²) >= 11 is 0. The van der Waals surface area contributed by atoms with Crippen LogP contribution in [0.4, 0.5) is 0 Å². The maximum atomic E-state index is 11.0. The first-order valence-corrected chi connectivity index (χ1v) is 9.40. The second-order valence-corrected chi connectivity index (χ2v) is 7.25.